The van der Waals surface area contributed by atoms with E-state index in [4.69, 9.17) is 28.8 Å². The van der Waals surface area contributed by atoms with Gasteiger partial charge in [0.2, 0.25) is 0 Å². The lowest BCUT2D eigenvalue weighted by Gasteiger charge is -2.17. The van der Waals surface area contributed by atoms with Crippen molar-refractivity contribution in [3.8, 4) is 0 Å². The number of rotatable bonds is 10. The molecule has 2 aliphatic carbocycles. The third-order valence-corrected chi connectivity index (χ3v) is 5.39. The van der Waals surface area contributed by atoms with Crippen molar-refractivity contribution in [2.24, 2.45) is 0 Å². The molecule has 2 fully saturated rings. The number of aromatic nitrogens is 5. The van der Waals surface area contributed by atoms with Crippen LogP contribution in [-0.4, -0.2) is 83.4 Å². The number of thioether (sulfide) groups is 1. The Kier molecular flexibility index (Phi) is 3.02. The van der Waals surface area contributed by atoms with Gasteiger partial charge in [-0.3, -0.25) is 0 Å². The maximum absolute atomic E-state index is 14.5. The molecule has 0 bridgehead atoms. The van der Waals surface area contributed by atoms with E-state index in [1.165, 1.54) is 0 Å². The van der Waals surface area contributed by atoms with Crippen molar-refractivity contribution in [2.75, 3.05) is 24.1 Å². The molecule has 1 unspecified atom stereocenters. The summed E-state index contributed by atoms with van der Waals surface area (Å²) in [7, 11) is 0. The number of fused-ring (bicyclic) bond motifs is 1. The summed E-state index contributed by atoms with van der Waals surface area (Å²) in [6.45, 7) is -12.0. The van der Waals surface area contributed by atoms with Gasteiger partial charge in [-0.05, 0) is 30.4 Å². The number of benzene rings is 1. The molecule has 2 aliphatic rings. The summed E-state index contributed by atoms with van der Waals surface area (Å²) in [4.78, 5) is 7.76. The fourth-order valence-corrected chi connectivity index (χ4v) is 3.59. The van der Waals surface area contributed by atoms with E-state index in [1.54, 1.807) is 0 Å². The first-order valence-corrected chi connectivity index (χ1v) is 10.5. The molecule has 1 aromatic carbocycles. The van der Waals surface area contributed by atoms with E-state index in [0.717, 1.165) is 0 Å². The van der Waals surface area contributed by atoms with Gasteiger partial charge in [0.1, 0.15) is 12.2 Å². The fraction of sp³-hybridized carbons (Fsp3) is 0.565. The second kappa shape index (κ2) is 10.5. The molecule has 0 amide bonds. The first kappa shape index (κ1) is 10.4. The van der Waals surface area contributed by atoms with E-state index >= 15 is 0 Å². The average molecular weight is 544 g/mol. The van der Waals surface area contributed by atoms with E-state index in [9.17, 15) is 24.1 Å². The molecule has 0 spiro atoms. The van der Waals surface area contributed by atoms with Crippen LogP contribution < -0.4 is 5.32 Å². The van der Waals surface area contributed by atoms with Crippen LogP contribution in [0.3, 0.4) is 0 Å². The summed E-state index contributed by atoms with van der Waals surface area (Å²) in [5.41, 5.74) is -6.25. The van der Waals surface area contributed by atoms with Crippen LogP contribution in [-0.2, 0) is 4.74 Å². The summed E-state index contributed by atoms with van der Waals surface area (Å²) in [5, 5.41) is 40.6. The van der Waals surface area contributed by atoms with Gasteiger partial charge in [0, 0.05) is 37.7 Å². The molecule has 13 heteroatoms. The quantitative estimate of drug-likeness (QED) is 0.222. The number of hydrogen-bond acceptors (Lipinski definition) is 10. The van der Waals surface area contributed by atoms with Crippen LogP contribution in [0.15, 0.2) is 23.3 Å². The molecular weight excluding hydrogens is 494 g/mol. The molecule has 4 N–H and O–H groups in total. The van der Waals surface area contributed by atoms with Crippen molar-refractivity contribution in [3.63, 3.8) is 0 Å². The highest BCUT2D eigenvalue weighted by atomic mass is 32.2. The van der Waals surface area contributed by atoms with Crippen LogP contribution >= 0.6 is 11.8 Å². The minimum atomic E-state index is -4.54. The van der Waals surface area contributed by atoms with Gasteiger partial charge >= 0.3 is 0 Å². The van der Waals surface area contributed by atoms with Gasteiger partial charge in [0.05, 0.1) is 40.3 Å². The minimum absolute atomic E-state index is 0.199. The van der Waals surface area contributed by atoms with E-state index in [2.05, 4.69) is 30.3 Å². The van der Waals surface area contributed by atoms with Gasteiger partial charge in [0.25, 0.3) is 0 Å². The molecule has 0 aliphatic heterocycles. The van der Waals surface area contributed by atoms with Crippen LogP contribution in [0.4, 0.5) is 14.6 Å². The van der Waals surface area contributed by atoms with Crippen LogP contribution in [0.25, 0.3) is 11.2 Å². The van der Waals surface area contributed by atoms with Crippen LogP contribution in [0, 0.1) is 11.6 Å². The van der Waals surface area contributed by atoms with Crippen LogP contribution in [0.1, 0.15) is 72.3 Å². The van der Waals surface area contributed by atoms with Crippen molar-refractivity contribution in [1.82, 2.24) is 25.0 Å². The molecule has 0 radical (unpaired) electrons. The molecule has 194 valence electrons. The number of ether oxygens (including phenoxy) is 1. The van der Waals surface area contributed by atoms with Crippen molar-refractivity contribution in [3.05, 3.63) is 35.3 Å². The number of hydrogen-bond donors (Lipinski definition) is 4. The summed E-state index contributed by atoms with van der Waals surface area (Å²) in [6.07, 6.45) is -22.0. The largest absolute Gasteiger partial charge is 0.394 e. The summed E-state index contributed by atoms with van der Waals surface area (Å²) >= 11 is -0.361. The van der Waals surface area contributed by atoms with Gasteiger partial charge in [0.15, 0.2) is 33.8 Å². The van der Waals surface area contributed by atoms with Crippen molar-refractivity contribution < 1.29 is 57.6 Å². The Bertz CT molecular complexity index is 2130. The van der Waals surface area contributed by atoms with Crippen molar-refractivity contribution >= 4 is 28.7 Å². The first-order valence-electron chi connectivity index (χ1n) is 20.2. The first-order chi connectivity index (χ1) is 25.2. The topological polar surface area (TPSA) is 138 Å². The smallest absolute Gasteiger partial charge is 0.191 e. The van der Waals surface area contributed by atoms with Crippen molar-refractivity contribution in [2.45, 2.75) is 67.4 Å². The Labute approximate surface area is 239 Å². The molecule has 6 atom stereocenters. The van der Waals surface area contributed by atoms with E-state index in [1.807, 2.05) is 0 Å². The molecule has 36 heavy (non-hydrogen) atoms. The Morgan fingerprint density at radius 2 is 2.22 bits per heavy atom. The molecule has 2 aromatic heterocycles. The lowest BCUT2D eigenvalue weighted by atomic mass is 10.1. The second-order valence-electron chi connectivity index (χ2n) is 6.98. The molecule has 3 aromatic rings. The number of halogens is 2. The molecule has 5 rings (SSSR count). The zero-order valence-electron chi connectivity index (χ0n) is 38.4. The molecular formula is C23H28F2N6O4S. The van der Waals surface area contributed by atoms with Gasteiger partial charge < -0.3 is 25.4 Å². The predicted molar refractivity (Wildman–Crippen MR) is 128 cm³/mol. The maximum Gasteiger partial charge on any atom is 0.191 e. The minimum Gasteiger partial charge on any atom is -0.394 e. The van der Waals surface area contributed by atoms with Crippen LogP contribution in [0.2, 0.25) is 0 Å². The highest BCUT2D eigenvalue weighted by Gasteiger charge is 2.45. The summed E-state index contributed by atoms with van der Waals surface area (Å²) in [6, 6.07) is -9.24. The Morgan fingerprint density at radius 3 is 3.03 bits per heavy atom. The van der Waals surface area contributed by atoms with Gasteiger partial charge in [-0.15, -0.1) is 5.10 Å². The number of aliphatic hydroxyl groups is 3. The standard InChI is InChI=1S/C23H28F2N6O4S/c1-2-7-36-23-27-21(26-15-9-12(15)11-3-4-13(24)14(25)8-11)18-22(28-23)31(30-29-18)16-10-17(35-6-5-32)20(34)19(16)33/h3-4,8,12,15-17,19-20,32-34H,2,5-7,9-10H2,1H3,(H,26,27,28)/t12?,15-,16+,17-,19-,20+/m0/s1/i1D3,2D2,3D,4D,5D2,6D2,7D2,8D,10D2,12D,16D,17D,19D,20D. The summed E-state index contributed by atoms with van der Waals surface area (Å²) < 4.78 is 202. The highest BCUT2D eigenvalue weighted by Crippen LogP contribution is 2.44. The Hall–Kier alpha value is -2.45. The average Bonchev–Trinajstić information content (AvgIpc) is 3.46. The third kappa shape index (κ3) is 4.90. The van der Waals surface area contributed by atoms with Crippen molar-refractivity contribution in [1.29, 1.82) is 0 Å². The number of anilines is 1. The SMILES string of the molecule is [2H]c1c([2H])c(C2([2H])C[C@@H]2Nc2nc(SC([2H])([2H])C([2H])([2H])C([2H])([2H])[2H])nc3c2nnn3[C@]2([2H])C([2H])([2H])[C@]([2H])(OC([2H])([2H])C([2H])([2H])O)[C@@]([2H])(O)[C@@]2([2H])O)c([2H])c(F)c1F. The maximum atomic E-state index is 14.5. The number of nitrogens with one attached hydrogen (secondary N) is 1. The lowest BCUT2D eigenvalue weighted by Crippen LogP contribution is -2.33. The van der Waals surface area contributed by atoms with E-state index in [-0.39, 0.29) is 16.4 Å². The number of nitrogens with zero attached hydrogens (tertiary/aromatic N) is 5. The summed E-state index contributed by atoms with van der Waals surface area (Å²) in [5.74, 6) is -6.70. The molecule has 2 saturated carbocycles. The third-order valence-electron chi connectivity index (χ3n) is 4.82. The Balaban J connectivity index is 1.75. The zero-order chi connectivity index (χ0) is 44.1. The lowest BCUT2D eigenvalue weighted by molar-refractivity contribution is -0.0629. The highest BCUT2D eigenvalue weighted by molar-refractivity contribution is 7.99. The van der Waals surface area contributed by atoms with Gasteiger partial charge in [-0.25, -0.2) is 23.4 Å². The van der Waals surface area contributed by atoms with Gasteiger partial charge in [-0.1, -0.05) is 29.9 Å². The molecule has 0 saturated heterocycles. The van der Waals surface area contributed by atoms with E-state index < -0.39 is 138 Å². The molecule has 2 heterocycles. The normalized spacial score (nSPS) is 49.7. The monoisotopic (exact) mass is 543 g/mol. The fourth-order valence-electron chi connectivity index (χ4n) is 3.18. The molecule has 10 nitrogen and oxygen atoms in total. The van der Waals surface area contributed by atoms with Crippen LogP contribution in [0.5, 0.6) is 0 Å². The Morgan fingerprint density at radius 1 is 1.36 bits per heavy atom. The second-order valence-corrected chi connectivity index (χ2v) is 7.75. The predicted octanol–water partition coefficient (Wildman–Crippen LogP) is 2.01. The van der Waals surface area contributed by atoms with Gasteiger partial charge in [-0.2, -0.15) is 0 Å². The zero-order valence-corrected chi connectivity index (χ0v) is 18.3. The van der Waals surface area contributed by atoms with E-state index in [0.29, 0.717) is 0 Å².